The van der Waals surface area contributed by atoms with Crippen LogP contribution in [0.3, 0.4) is 0 Å². The number of hydrogen-bond acceptors (Lipinski definition) is 3. The molecule has 1 aromatic carbocycles. The normalized spacial score (nSPS) is 19.5. The van der Waals surface area contributed by atoms with Crippen LogP contribution in [0.1, 0.15) is 37.0 Å². The molecule has 1 fully saturated rings. The molecule has 1 saturated heterocycles. The van der Waals surface area contributed by atoms with Crippen LogP contribution in [-0.2, 0) is 10.0 Å². The van der Waals surface area contributed by atoms with E-state index in [0.717, 1.165) is 25.9 Å². The minimum Gasteiger partial charge on any atom is -0.338 e. The zero-order valence-corrected chi connectivity index (χ0v) is 13.3. The molecule has 2 rings (SSSR count). The molecule has 0 saturated carbocycles. The summed E-state index contributed by atoms with van der Waals surface area (Å²) in [5, 5.41) is 0. The highest BCUT2D eigenvalue weighted by Gasteiger charge is 2.23. The Balaban J connectivity index is 2.23. The van der Waals surface area contributed by atoms with Crippen LogP contribution >= 0.6 is 0 Å². The van der Waals surface area contributed by atoms with Gasteiger partial charge in [0, 0.05) is 25.2 Å². The number of amides is 1. The van der Waals surface area contributed by atoms with Crippen molar-refractivity contribution < 1.29 is 13.2 Å². The van der Waals surface area contributed by atoms with Gasteiger partial charge in [-0.15, -0.1) is 0 Å². The second-order valence-corrected chi connectivity index (χ2v) is 7.29. The summed E-state index contributed by atoms with van der Waals surface area (Å²) in [4.78, 5) is 14.4. The first-order chi connectivity index (χ1) is 9.94. The van der Waals surface area contributed by atoms with Crippen LogP contribution < -0.4 is 4.72 Å². The minimum atomic E-state index is -3.53. The third-order valence-electron chi connectivity index (χ3n) is 3.67. The molecule has 0 radical (unpaired) electrons. The van der Waals surface area contributed by atoms with Gasteiger partial charge in [-0.3, -0.25) is 4.79 Å². The number of carbonyl (C=O) groups excluding carboxylic acids is 1. The van der Waals surface area contributed by atoms with Gasteiger partial charge in [0.1, 0.15) is 0 Å². The molecule has 1 aliphatic rings. The second kappa shape index (κ2) is 6.58. The Hall–Kier alpha value is -1.40. The number of nitrogens with one attached hydrogen (secondary N) is 1. The fraction of sp³-hybridized carbons (Fsp3) is 0.533. The van der Waals surface area contributed by atoms with Gasteiger partial charge in [0.05, 0.1) is 4.90 Å². The monoisotopic (exact) mass is 310 g/mol. The SMILES string of the molecule is CCNS(=O)(=O)c1cccc(C(=O)N2CCC[C@H](C)C2)c1. The molecular weight excluding hydrogens is 288 g/mol. The van der Waals surface area contributed by atoms with Crippen molar-refractivity contribution in [3.63, 3.8) is 0 Å². The summed E-state index contributed by atoms with van der Waals surface area (Å²) in [7, 11) is -3.53. The average Bonchev–Trinajstić information content (AvgIpc) is 2.46. The van der Waals surface area contributed by atoms with E-state index in [-0.39, 0.29) is 10.8 Å². The smallest absolute Gasteiger partial charge is 0.253 e. The number of carbonyl (C=O) groups is 1. The molecule has 1 N–H and O–H groups in total. The number of hydrogen-bond donors (Lipinski definition) is 1. The van der Waals surface area contributed by atoms with Gasteiger partial charge in [-0.05, 0) is 37.0 Å². The van der Waals surface area contributed by atoms with Crippen molar-refractivity contribution in [1.82, 2.24) is 9.62 Å². The van der Waals surface area contributed by atoms with Crippen LogP contribution in [0.15, 0.2) is 29.2 Å². The van der Waals surface area contributed by atoms with Crippen molar-refractivity contribution in [2.75, 3.05) is 19.6 Å². The lowest BCUT2D eigenvalue weighted by Gasteiger charge is -2.31. The van der Waals surface area contributed by atoms with Gasteiger partial charge in [0.2, 0.25) is 10.0 Å². The third kappa shape index (κ3) is 3.83. The van der Waals surface area contributed by atoms with Gasteiger partial charge in [0.25, 0.3) is 5.91 Å². The molecule has 0 aliphatic carbocycles. The Morgan fingerprint density at radius 1 is 1.43 bits per heavy atom. The summed E-state index contributed by atoms with van der Waals surface area (Å²) in [6.07, 6.45) is 2.14. The van der Waals surface area contributed by atoms with E-state index >= 15 is 0 Å². The first kappa shape index (κ1) is 16.0. The van der Waals surface area contributed by atoms with E-state index in [9.17, 15) is 13.2 Å². The molecule has 6 heteroatoms. The predicted molar refractivity (Wildman–Crippen MR) is 81.6 cm³/mol. The van der Waals surface area contributed by atoms with Gasteiger partial charge in [-0.1, -0.05) is 19.9 Å². The maximum atomic E-state index is 12.5. The van der Waals surface area contributed by atoms with Crippen LogP contribution in [-0.4, -0.2) is 38.9 Å². The lowest BCUT2D eigenvalue weighted by atomic mass is 9.99. The second-order valence-electron chi connectivity index (χ2n) is 5.53. The van der Waals surface area contributed by atoms with Crippen LogP contribution in [0.5, 0.6) is 0 Å². The van der Waals surface area contributed by atoms with Crippen molar-refractivity contribution in [2.24, 2.45) is 5.92 Å². The van der Waals surface area contributed by atoms with Crippen molar-refractivity contribution in [2.45, 2.75) is 31.6 Å². The van der Waals surface area contributed by atoms with Gasteiger partial charge in [0.15, 0.2) is 0 Å². The predicted octanol–water partition coefficient (Wildman–Crippen LogP) is 1.86. The number of benzene rings is 1. The number of piperidine rings is 1. The number of rotatable bonds is 4. The summed E-state index contributed by atoms with van der Waals surface area (Å²) < 4.78 is 26.4. The van der Waals surface area contributed by atoms with Crippen molar-refractivity contribution in [3.8, 4) is 0 Å². The zero-order chi connectivity index (χ0) is 15.5. The van der Waals surface area contributed by atoms with Gasteiger partial charge in [-0.2, -0.15) is 0 Å². The van der Waals surface area contributed by atoms with Crippen LogP contribution in [0.2, 0.25) is 0 Å². The Bertz CT molecular complexity index is 613. The zero-order valence-electron chi connectivity index (χ0n) is 12.5. The fourth-order valence-electron chi connectivity index (χ4n) is 2.63. The van der Waals surface area contributed by atoms with Crippen LogP contribution in [0, 0.1) is 5.92 Å². The standard InChI is InChI=1S/C15H22N2O3S/c1-3-16-21(19,20)14-8-4-7-13(10-14)15(18)17-9-5-6-12(2)11-17/h4,7-8,10,12,16H,3,5-6,9,11H2,1-2H3/t12-/m0/s1. The van der Waals surface area contributed by atoms with Gasteiger partial charge < -0.3 is 4.90 Å². The van der Waals surface area contributed by atoms with E-state index in [0.29, 0.717) is 18.0 Å². The Morgan fingerprint density at radius 2 is 2.19 bits per heavy atom. The highest BCUT2D eigenvalue weighted by molar-refractivity contribution is 7.89. The van der Waals surface area contributed by atoms with Crippen molar-refractivity contribution >= 4 is 15.9 Å². The van der Waals surface area contributed by atoms with E-state index in [1.807, 2.05) is 4.90 Å². The lowest BCUT2D eigenvalue weighted by Crippen LogP contribution is -2.39. The topological polar surface area (TPSA) is 66.5 Å². The lowest BCUT2D eigenvalue weighted by molar-refractivity contribution is 0.0683. The summed E-state index contributed by atoms with van der Waals surface area (Å²) in [5.74, 6) is 0.409. The van der Waals surface area contributed by atoms with Crippen LogP contribution in [0.25, 0.3) is 0 Å². The molecule has 116 valence electrons. The maximum absolute atomic E-state index is 12.5. The minimum absolute atomic E-state index is 0.0879. The Morgan fingerprint density at radius 3 is 2.86 bits per heavy atom. The number of likely N-dealkylation sites (tertiary alicyclic amines) is 1. The molecule has 0 spiro atoms. The molecule has 21 heavy (non-hydrogen) atoms. The fourth-order valence-corrected chi connectivity index (χ4v) is 3.71. The van der Waals surface area contributed by atoms with Gasteiger partial charge >= 0.3 is 0 Å². The molecule has 1 atom stereocenters. The molecule has 1 amide bonds. The molecule has 0 aromatic heterocycles. The number of nitrogens with zero attached hydrogens (tertiary/aromatic N) is 1. The quantitative estimate of drug-likeness (QED) is 0.923. The number of sulfonamides is 1. The van der Waals surface area contributed by atoms with E-state index in [1.165, 1.54) is 12.1 Å². The molecule has 0 bridgehead atoms. The Kier molecular flexibility index (Phi) is 5.00. The highest BCUT2D eigenvalue weighted by Crippen LogP contribution is 2.19. The van der Waals surface area contributed by atoms with Crippen LogP contribution in [0.4, 0.5) is 0 Å². The largest absolute Gasteiger partial charge is 0.338 e. The van der Waals surface area contributed by atoms with E-state index in [4.69, 9.17) is 0 Å². The molecule has 1 aromatic rings. The molecule has 1 aliphatic heterocycles. The van der Waals surface area contributed by atoms with Gasteiger partial charge in [-0.25, -0.2) is 13.1 Å². The molecule has 1 heterocycles. The summed E-state index contributed by atoms with van der Waals surface area (Å²) in [6.45, 7) is 5.66. The summed E-state index contributed by atoms with van der Waals surface area (Å²) in [5.41, 5.74) is 0.433. The van der Waals surface area contributed by atoms with E-state index < -0.39 is 10.0 Å². The summed E-state index contributed by atoms with van der Waals surface area (Å²) in [6, 6.07) is 6.25. The Labute approximate surface area is 126 Å². The first-order valence-corrected chi connectivity index (χ1v) is 8.81. The van der Waals surface area contributed by atoms with E-state index in [2.05, 4.69) is 11.6 Å². The average molecular weight is 310 g/mol. The highest BCUT2D eigenvalue weighted by atomic mass is 32.2. The maximum Gasteiger partial charge on any atom is 0.253 e. The first-order valence-electron chi connectivity index (χ1n) is 7.33. The molecular formula is C15H22N2O3S. The van der Waals surface area contributed by atoms with Crippen molar-refractivity contribution in [1.29, 1.82) is 0 Å². The van der Waals surface area contributed by atoms with Crippen molar-refractivity contribution in [3.05, 3.63) is 29.8 Å². The molecule has 5 nitrogen and oxygen atoms in total. The summed E-state index contributed by atoms with van der Waals surface area (Å²) >= 11 is 0. The third-order valence-corrected chi connectivity index (χ3v) is 5.21. The van der Waals surface area contributed by atoms with E-state index in [1.54, 1.807) is 19.1 Å². The molecule has 0 unspecified atom stereocenters.